The van der Waals surface area contributed by atoms with Gasteiger partial charge in [0.1, 0.15) is 11.6 Å². The van der Waals surface area contributed by atoms with Crippen LogP contribution in [0.3, 0.4) is 0 Å². The number of imidazole rings is 1. The van der Waals surface area contributed by atoms with Crippen LogP contribution in [-0.2, 0) is 14.8 Å². The number of nitrogens with one attached hydrogen (secondary N) is 2. The molecule has 9 heteroatoms. The normalized spacial score (nSPS) is 16.6. The molecule has 0 fully saturated rings. The number of primary sulfonamides is 1. The van der Waals surface area contributed by atoms with E-state index in [0.29, 0.717) is 22.7 Å². The number of carbonyl (C=O) groups is 1. The molecule has 2 heterocycles. The molecule has 1 aliphatic rings. The molecule has 0 saturated heterocycles. The first-order valence-electron chi connectivity index (χ1n) is 7.83. The van der Waals surface area contributed by atoms with Gasteiger partial charge < -0.3 is 15.0 Å². The lowest BCUT2D eigenvalue weighted by molar-refractivity contribution is -0.116. The number of H-pyrrole nitrogens is 1. The molecule has 0 bridgehead atoms. The van der Waals surface area contributed by atoms with E-state index in [1.807, 2.05) is 19.1 Å². The van der Waals surface area contributed by atoms with Crippen LogP contribution < -0.4 is 15.2 Å². The van der Waals surface area contributed by atoms with Crippen molar-refractivity contribution < 1.29 is 17.9 Å². The number of carbonyl (C=O) groups excluding carboxylic acids is 1. The molecule has 8 nitrogen and oxygen atoms in total. The highest BCUT2D eigenvalue weighted by molar-refractivity contribution is 7.89. The summed E-state index contributed by atoms with van der Waals surface area (Å²) in [4.78, 5) is 19.5. The van der Waals surface area contributed by atoms with Gasteiger partial charge in [0.25, 0.3) is 0 Å². The highest BCUT2D eigenvalue weighted by Crippen LogP contribution is 2.37. The largest absolute Gasteiger partial charge is 0.496 e. The molecule has 2 aromatic carbocycles. The van der Waals surface area contributed by atoms with Crippen LogP contribution in [0.25, 0.3) is 22.4 Å². The molecular formula is C17H16N4O4S. The number of sulfonamides is 1. The van der Waals surface area contributed by atoms with Crippen LogP contribution in [0.15, 0.2) is 35.2 Å². The topological polar surface area (TPSA) is 127 Å². The van der Waals surface area contributed by atoms with E-state index in [4.69, 9.17) is 9.88 Å². The van der Waals surface area contributed by atoms with Gasteiger partial charge in [-0.2, -0.15) is 0 Å². The smallest absolute Gasteiger partial charge is 0.238 e. The molecule has 1 amide bonds. The SMILES string of the molecule is COc1cc(S(N)(=O)=O)ccc1-c1nc2cc3c(cc2[nH]1)NC(=O)C3C. The fraction of sp³-hybridized carbons (Fsp3) is 0.176. The average Bonchev–Trinajstić information content (AvgIpc) is 3.12. The quantitative estimate of drug-likeness (QED) is 0.647. The van der Waals surface area contributed by atoms with Gasteiger partial charge in [-0.25, -0.2) is 18.5 Å². The Morgan fingerprint density at radius 1 is 1.23 bits per heavy atom. The number of ether oxygens (including phenoxy) is 1. The number of rotatable bonds is 3. The molecule has 1 aliphatic heterocycles. The lowest BCUT2D eigenvalue weighted by atomic mass is 10.0. The van der Waals surface area contributed by atoms with Crippen molar-refractivity contribution in [2.24, 2.45) is 5.14 Å². The van der Waals surface area contributed by atoms with Gasteiger partial charge in [0.15, 0.2) is 0 Å². The van der Waals surface area contributed by atoms with Crippen molar-refractivity contribution in [3.05, 3.63) is 35.9 Å². The van der Waals surface area contributed by atoms with Gasteiger partial charge in [-0.1, -0.05) is 0 Å². The van der Waals surface area contributed by atoms with E-state index in [2.05, 4.69) is 15.3 Å². The Labute approximate surface area is 149 Å². The lowest BCUT2D eigenvalue weighted by Gasteiger charge is -2.08. The van der Waals surface area contributed by atoms with Crippen molar-refractivity contribution in [2.75, 3.05) is 12.4 Å². The Balaban J connectivity index is 1.84. The highest BCUT2D eigenvalue weighted by Gasteiger charge is 2.27. The van der Waals surface area contributed by atoms with Gasteiger partial charge in [-0.05, 0) is 36.8 Å². The van der Waals surface area contributed by atoms with Crippen molar-refractivity contribution in [1.29, 1.82) is 0 Å². The summed E-state index contributed by atoms with van der Waals surface area (Å²) in [5.74, 6) is 0.608. The molecule has 4 N–H and O–H groups in total. The van der Waals surface area contributed by atoms with Crippen LogP contribution in [0.2, 0.25) is 0 Å². The number of amides is 1. The summed E-state index contributed by atoms with van der Waals surface area (Å²) in [6.07, 6.45) is 0. The Bertz CT molecular complexity index is 1170. The van der Waals surface area contributed by atoms with E-state index < -0.39 is 10.0 Å². The third-order valence-corrected chi connectivity index (χ3v) is 5.44. The number of methoxy groups -OCH3 is 1. The van der Waals surface area contributed by atoms with E-state index in [0.717, 1.165) is 16.8 Å². The third-order valence-electron chi connectivity index (χ3n) is 4.53. The van der Waals surface area contributed by atoms with Gasteiger partial charge in [0, 0.05) is 11.8 Å². The van der Waals surface area contributed by atoms with Crippen molar-refractivity contribution >= 4 is 32.7 Å². The number of nitrogens with two attached hydrogens (primary N) is 1. The van der Waals surface area contributed by atoms with Crippen molar-refractivity contribution in [3.63, 3.8) is 0 Å². The first-order chi connectivity index (χ1) is 12.3. The van der Waals surface area contributed by atoms with Crippen LogP contribution in [0.5, 0.6) is 5.75 Å². The molecule has 3 aromatic rings. The summed E-state index contributed by atoms with van der Waals surface area (Å²) in [6.45, 7) is 1.84. The van der Waals surface area contributed by atoms with E-state index in [-0.39, 0.29) is 16.7 Å². The number of benzene rings is 2. The second kappa shape index (κ2) is 5.55. The van der Waals surface area contributed by atoms with Gasteiger partial charge in [0.2, 0.25) is 15.9 Å². The second-order valence-corrected chi connectivity index (χ2v) is 7.72. The molecule has 26 heavy (non-hydrogen) atoms. The predicted octanol–water partition coefficient (Wildman–Crippen LogP) is 1.94. The number of hydrogen-bond acceptors (Lipinski definition) is 5. The minimum absolute atomic E-state index is 0.0341. The first kappa shape index (κ1) is 16.6. The fourth-order valence-corrected chi connectivity index (χ4v) is 3.62. The molecule has 4 rings (SSSR count). The minimum atomic E-state index is -3.83. The Kier molecular flexibility index (Phi) is 3.53. The Morgan fingerprint density at radius 3 is 2.69 bits per heavy atom. The molecule has 1 unspecified atom stereocenters. The minimum Gasteiger partial charge on any atom is -0.496 e. The molecular weight excluding hydrogens is 356 g/mol. The van der Waals surface area contributed by atoms with E-state index >= 15 is 0 Å². The van der Waals surface area contributed by atoms with Crippen molar-refractivity contribution in [3.8, 4) is 17.1 Å². The summed E-state index contributed by atoms with van der Waals surface area (Å²) in [5, 5.41) is 8.01. The maximum Gasteiger partial charge on any atom is 0.238 e. The summed E-state index contributed by atoms with van der Waals surface area (Å²) in [5.41, 5.74) is 3.73. The Hall–Kier alpha value is -2.91. The van der Waals surface area contributed by atoms with Crippen molar-refractivity contribution in [2.45, 2.75) is 17.7 Å². The zero-order valence-corrected chi connectivity index (χ0v) is 14.8. The third kappa shape index (κ3) is 2.52. The number of fused-ring (bicyclic) bond motifs is 2. The zero-order chi connectivity index (χ0) is 18.6. The first-order valence-corrected chi connectivity index (χ1v) is 9.38. The molecule has 1 atom stereocenters. The van der Waals surface area contributed by atoms with Gasteiger partial charge in [-0.15, -0.1) is 0 Å². The molecule has 0 saturated carbocycles. The van der Waals surface area contributed by atoms with Gasteiger partial charge >= 0.3 is 0 Å². The number of hydrogen-bond donors (Lipinski definition) is 3. The molecule has 0 aliphatic carbocycles. The summed E-state index contributed by atoms with van der Waals surface area (Å²) in [6, 6.07) is 8.07. The van der Waals surface area contributed by atoms with Gasteiger partial charge in [-0.3, -0.25) is 4.79 Å². The summed E-state index contributed by atoms with van der Waals surface area (Å²) >= 11 is 0. The summed E-state index contributed by atoms with van der Waals surface area (Å²) < 4.78 is 28.4. The Morgan fingerprint density at radius 2 is 2.00 bits per heavy atom. The molecule has 0 spiro atoms. The lowest BCUT2D eigenvalue weighted by Crippen LogP contribution is -2.12. The van der Waals surface area contributed by atoms with E-state index in [1.165, 1.54) is 19.2 Å². The highest BCUT2D eigenvalue weighted by atomic mass is 32.2. The summed E-state index contributed by atoms with van der Waals surface area (Å²) in [7, 11) is -2.38. The zero-order valence-electron chi connectivity index (χ0n) is 14.0. The number of anilines is 1. The van der Waals surface area contributed by atoms with Crippen LogP contribution in [-0.4, -0.2) is 31.4 Å². The van der Waals surface area contributed by atoms with Crippen LogP contribution >= 0.6 is 0 Å². The predicted molar refractivity (Wildman–Crippen MR) is 96.5 cm³/mol. The van der Waals surface area contributed by atoms with E-state index in [9.17, 15) is 13.2 Å². The second-order valence-electron chi connectivity index (χ2n) is 6.16. The maximum atomic E-state index is 11.8. The van der Waals surface area contributed by atoms with Gasteiger partial charge in [0.05, 0.1) is 34.5 Å². The molecule has 134 valence electrons. The standard InChI is InChI=1S/C17H16N4O4S/c1-8-11-6-13-14(7-12(11)21-17(8)22)20-16(19-13)10-4-3-9(26(18,23)24)5-15(10)25-2/h3-8H,1-2H3,(H,19,20)(H,21,22)(H2,18,23,24). The fourth-order valence-electron chi connectivity index (χ4n) is 3.09. The maximum absolute atomic E-state index is 11.8. The number of aromatic nitrogens is 2. The van der Waals surface area contributed by atoms with Crippen LogP contribution in [0.1, 0.15) is 18.4 Å². The van der Waals surface area contributed by atoms with E-state index in [1.54, 1.807) is 6.07 Å². The molecule has 0 radical (unpaired) electrons. The average molecular weight is 372 g/mol. The van der Waals surface area contributed by atoms with Crippen molar-refractivity contribution in [1.82, 2.24) is 9.97 Å². The number of aromatic amines is 1. The monoisotopic (exact) mass is 372 g/mol. The van der Waals surface area contributed by atoms with Crippen LogP contribution in [0.4, 0.5) is 5.69 Å². The molecule has 1 aromatic heterocycles. The van der Waals surface area contributed by atoms with Crippen LogP contribution in [0, 0.1) is 0 Å². The number of nitrogens with zero attached hydrogens (tertiary/aromatic N) is 1.